The molecule has 0 atom stereocenters. The molecule has 0 N–H and O–H groups in total. The van der Waals surface area contributed by atoms with Gasteiger partial charge in [0.15, 0.2) is 0 Å². The molecule has 1 aromatic carbocycles. The van der Waals surface area contributed by atoms with E-state index in [1.54, 1.807) is 0 Å². The number of anilines is 1. The summed E-state index contributed by atoms with van der Waals surface area (Å²) in [5.41, 5.74) is 10.6. The molecule has 3 heterocycles. The van der Waals surface area contributed by atoms with Crippen LogP contribution >= 0.6 is 12.4 Å². The molecule has 2 aromatic heterocycles. The second-order valence-electron chi connectivity index (χ2n) is 7.57. The summed E-state index contributed by atoms with van der Waals surface area (Å²) in [7, 11) is 0. The zero-order valence-corrected chi connectivity index (χ0v) is 17.4. The molecule has 0 bridgehead atoms. The van der Waals surface area contributed by atoms with E-state index in [0.717, 1.165) is 31.6 Å². The SMILES string of the molecule is CC(C)=CCn1c(C)c(C)c2nccc(N3CCc4ccccc4C3)c21.Cl. The monoisotopic (exact) mass is 381 g/mol. The molecule has 0 aliphatic carbocycles. The number of pyridine rings is 1. The lowest BCUT2D eigenvalue weighted by Crippen LogP contribution is -2.30. The summed E-state index contributed by atoms with van der Waals surface area (Å²) in [4.78, 5) is 7.24. The third-order valence-electron chi connectivity index (χ3n) is 5.63. The number of aryl methyl sites for hydroxylation is 1. The Morgan fingerprint density at radius 3 is 2.59 bits per heavy atom. The minimum atomic E-state index is 0. The molecular formula is C23H28ClN3. The molecule has 0 radical (unpaired) electrons. The fourth-order valence-electron chi connectivity index (χ4n) is 3.98. The molecule has 0 unspecified atom stereocenters. The van der Waals surface area contributed by atoms with Gasteiger partial charge in [-0.15, -0.1) is 12.4 Å². The second kappa shape index (κ2) is 7.77. The summed E-state index contributed by atoms with van der Waals surface area (Å²) in [6.45, 7) is 11.7. The fourth-order valence-corrected chi connectivity index (χ4v) is 3.98. The van der Waals surface area contributed by atoms with Crippen molar-refractivity contribution >= 4 is 29.1 Å². The van der Waals surface area contributed by atoms with Crippen LogP contribution in [0.25, 0.3) is 11.0 Å². The number of allylic oxidation sites excluding steroid dienone is 2. The van der Waals surface area contributed by atoms with Gasteiger partial charge in [0, 0.05) is 31.5 Å². The van der Waals surface area contributed by atoms with Crippen molar-refractivity contribution in [1.29, 1.82) is 0 Å². The number of benzene rings is 1. The molecule has 0 spiro atoms. The first-order chi connectivity index (χ1) is 12.6. The molecule has 0 fully saturated rings. The summed E-state index contributed by atoms with van der Waals surface area (Å²) in [6.07, 6.45) is 5.37. The van der Waals surface area contributed by atoms with Crippen molar-refractivity contribution in [1.82, 2.24) is 9.55 Å². The van der Waals surface area contributed by atoms with E-state index in [2.05, 4.69) is 73.6 Å². The molecule has 4 rings (SSSR count). The van der Waals surface area contributed by atoms with Crippen molar-refractivity contribution in [2.24, 2.45) is 0 Å². The van der Waals surface area contributed by atoms with Crippen LogP contribution in [0.1, 0.15) is 36.2 Å². The normalized spacial score (nSPS) is 13.3. The largest absolute Gasteiger partial charge is 0.365 e. The lowest BCUT2D eigenvalue weighted by Gasteiger charge is -2.31. The zero-order valence-electron chi connectivity index (χ0n) is 16.6. The number of nitrogens with zero attached hydrogens (tertiary/aromatic N) is 3. The first-order valence-electron chi connectivity index (χ1n) is 9.45. The van der Waals surface area contributed by atoms with Crippen molar-refractivity contribution in [3.63, 3.8) is 0 Å². The van der Waals surface area contributed by atoms with Gasteiger partial charge in [0.2, 0.25) is 0 Å². The minimum absolute atomic E-state index is 0. The van der Waals surface area contributed by atoms with Gasteiger partial charge in [0.25, 0.3) is 0 Å². The Bertz CT molecular complexity index is 996. The van der Waals surface area contributed by atoms with Crippen molar-refractivity contribution < 1.29 is 0 Å². The van der Waals surface area contributed by atoms with Crippen LogP contribution < -0.4 is 4.90 Å². The fraction of sp³-hybridized carbons (Fsp3) is 0.348. The van der Waals surface area contributed by atoms with Crippen LogP contribution in [0.3, 0.4) is 0 Å². The van der Waals surface area contributed by atoms with E-state index in [4.69, 9.17) is 4.98 Å². The summed E-state index contributed by atoms with van der Waals surface area (Å²) in [5, 5.41) is 0. The van der Waals surface area contributed by atoms with E-state index in [9.17, 15) is 0 Å². The number of aromatic nitrogens is 2. The molecule has 3 aromatic rings. The Hall–Kier alpha value is -2.26. The first kappa shape index (κ1) is 19.5. The average molecular weight is 382 g/mol. The Morgan fingerprint density at radius 2 is 1.85 bits per heavy atom. The Kier molecular flexibility index (Phi) is 5.61. The maximum Gasteiger partial charge on any atom is 0.0934 e. The summed E-state index contributed by atoms with van der Waals surface area (Å²) in [5.74, 6) is 0. The Morgan fingerprint density at radius 1 is 1.11 bits per heavy atom. The Labute approximate surface area is 168 Å². The van der Waals surface area contributed by atoms with Crippen molar-refractivity contribution in [3.8, 4) is 0 Å². The number of hydrogen-bond donors (Lipinski definition) is 0. The highest BCUT2D eigenvalue weighted by Gasteiger charge is 2.21. The van der Waals surface area contributed by atoms with Crippen LogP contribution in [0, 0.1) is 13.8 Å². The van der Waals surface area contributed by atoms with Crippen molar-refractivity contribution in [2.75, 3.05) is 11.4 Å². The van der Waals surface area contributed by atoms with Gasteiger partial charge in [0.1, 0.15) is 0 Å². The van der Waals surface area contributed by atoms with Crippen LogP contribution in [0.5, 0.6) is 0 Å². The van der Waals surface area contributed by atoms with Crippen LogP contribution in [0.2, 0.25) is 0 Å². The third kappa shape index (κ3) is 3.49. The predicted molar refractivity (Wildman–Crippen MR) is 117 cm³/mol. The van der Waals surface area contributed by atoms with E-state index in [1.165, 1.54) is 39.2 Å². The first-order valence-corrected chi connectivity index (χ1v) is 9.45. The van der Waals surface area contributed by atoms with Gasteiger partial charge in [-0.3, -0.25) is 4.98 Å². The quantitative estimate of drug-likeness (QED) is 0.550. The van der Waals surface area contributed by atoms with Crippen molar-refractivity contribution in [3.05, 3.63) is 70.6 Å². The topological polar surface area (TPSA) is 21.1 Å². The molecule has 142 valence electrons. The van der Waals surface area contributed by atoms with E-state index < -0.39 is 0 Å². The van der Waals surface area contributed by atoms with Crippen LogP contribution in [0.4, 0.5) is 5.69 Å². The molecule has 4 heteroatoms. The number of fused-ring (bicyclic) bond motifs is 2. The predicted octanol–water partition coefficient (Wildman–Crippen LogP) is 5.60. The number of halogens is 1. The Balaban J connectivity index is 0.00000210. The molecule has 1 aliphatic rings. The summed E-state index contributed by atoms with van der Waals surface area (Å²) < 4.78 is 2.43. The molecule has 0 saturated carbocycles. The maximum absolute atomic E-state index is 4.72. The highest BCUT2D eigenvalue weighted by Crippen LogP contribution is 2.34. The molecule has 1 aliphatic heterocycles. The second-order valence-corrected chi connectivity index (χ2v) is 7.57. The van der Waals surface area contributed by atoms with Gasteiger partial charge in [0.05, 0.1) is 16.7 Å². The highest BCUT2D eigenvalue weighted by atomic mass is 35.5. The number of rotatable bonds is 3. The molecular weight excluding hydrogens is 354 g/mol. The third-order valence-corrected chi connectivity index (χ3v) is 5.63. The lowest BCUT2D eigenvalue weighted by molar-refractivity contribution is 0.728. The van der Waals surface area contributed by atoms with Gasteiger partial charge in [-0.05, 0) is 56.9 Å². The molecule has 27 heavy (non-hydrogen) atoms. The van der Waals surface area contributed by atoms with Crippen LogP contribution in [0.15, 0.2) is 48.2 Å². The maximum atomic E-state index is 4.72. The van der Waals surface area contributed by atoms with Gasteiger partial charge in [-0.1, -0.05) is 35.9 Å². The summed E-state index contributed by atoms with van der Waals surface area (Å²) >= 11 is 0. The molecule has 0 amide bonds. The standard InChI is InChI=1S/C23H27N3.ClH/c1-16(2)10-14-26-18(4)17(3)22-23(26)21(9-12-24-22)25-13-11-19-7-5-6-8-20(19)15-25;/h5-10,12H,11,13-15H2,1-4H3;1H. The van der Waals surface area contributed by atoms with E-state index in [1.807, 2.05) is 6.20 Å². The van der Waals surface area contributed by atoms with Gasteiger partial charge in [-0.25, -0.2) is 0 Å². The zero-order chi connectivity index (χ0) is 18.3. The molecule has 3 nitrogen and oxygen atoms in total. The highest BCUT2D eigenvalue weighted by molar-refractivity contribution is 5.92. The summed E-state index contributed by atoms with van der Waals surface area (Å²) in [6, 6.07) is 11.0. The van der Waals surface area contributed by atoms with Crippen molar-refractivity contribution in [2.45, 2.75) is 47.2 Å². The van der Waals surface area contributed by atoms with E-state index in [-0.39, 0.29) is 12.4 Å². The van der Waals surface area contributed by atoms with E-state index in [0.29, 0.717) is 0 Å². The van der Waals surface area contributed by atoms with Gasteiger partial charge in [-0.2, -0.15) is 0 Å². The van der Waals surface area contributed by atoms with Gasteiger partial charge >= 0.3 is 0 Å². The average Bonchev–Trinajstić information content (AvgIpc) is 2.90. The van der Waals surface area contributed by atoms with Crippen LogP contribution in [-0.2, 0) is 19.5 Å². The minimum Gasteiger partial charge on any atom is -0.365 e. The smallest absolute Gasteiger partial charge is 0.0934 e. The van der Waals surface area contributed by atoms with E-state index >= 15 is 0 Å². The molecule has 0 saturated heterocycles. The van der Waals surface area contributed by atoms with Gasteiger partial charge < -0.3 is 9.47 Å². The van der Waals surface area contributed by atoms with Crippen LogP contribution in [-0.4, -0.2) is 16.1 Å². The number of hydrogen-bond acceptors (Lipinski definition) is 2. The lowest BCUT2D eigenvalue weighted by atomic mass is 9.99.